The number of rotatable bonds is 4. The first kappa shape index (κ1) is 17.3. The number of halogens is 1. The second-order valence-corrected chi connectivity index (χ2v) is 7.92. The van der Waals surface area contributed by atoms with Crippen LogP contribution in [0.25, 0.3) is 0 Å². The summed E-state index contributed by atoms with van der Waals surface area (Å²) in [6.07, 6.45) is 2.71. The van der Waals surface area contributed by atoms with Crippen LogP contribution in [0, 0.1) is 5.92 Å². The second-order valence-electron chi connectivity index (χ2n) is 7.00. The van der Waals surface area contributed by atoms with Crippen LogP contribution in [0.3, 0.4) is 0 Å². The summed E-state index contributed by atoms with van der Waals surface area (Å²) in [5, 5.41) is 3.03. The van der Waals surface area contributed by atoms with Gasteiger partial charge in [0.15, 0.2) is 0 Å². The Hall–Kier alpha value is -2.14. The Balaban J connectivity index is 1.57. The highest BCUT2D eigenvalue weighted by molar-refractivity contribution is 9.10. The zero-order valence-electron chi connectivity index (χ0n) is 14.5. The molecule has 1 aliphatic carbocycles. The Morgan fingerprint density at radius 2 is 1.92 bits per heavy atom. The fraction of sp³-hybridized carbons (Fsp3) is 0.333. The first-order valence-corrected chi connectivity index (χ1v) is 9.83. The number of carbonyl (C=O) groups is 2. The number of amides is 2. The van der Waals surface area contributed by atoms with Crippen molar-refractivity contribution in [2.45, 2.75) is 31.8 Å². The maximum Gasteiger partial charge on any atom is 0.247 e. The van der Waals surface area contributed by atoms with Gasteiger partial charge in [0.2, 0.25) is 11.8 Å². The second kappa shape index (κ2) is 7.23. The van der Waals surface area contributed by atoms with Crippen LogP contribution in [0.5, 0.6) is 0 Å². The zero-order valence-corrected chi connectivity index (χ0v) is 16.0. The molecule has 2 aromatic rings. The smallest absolute Gasteiger partial charge is 0.247 e. The molecule has 1 heterocycles. The average molecular weight is 413 g/mol. The van der Waals surface area contributed by atoms with E-state index in [2.05, 4.69) is 27.3 Å². The average Bonchev–Trinajstić information content (AvgIpc) is 3.50. The third kappa shape index (κ3) is 3.54. The fourth-order valence-corrected chi connectivity index (χ4v) is 4.03. The highest BCUT2D eigenvalue weighted by atomic mass is 79.9. The summed E-state index contributed by atoms with van der Waals surface area (Å²) in [4.78, 5) is 27.6. The predicted molar refractivity (Wildman–Crippen MR) is 103 cm³/mol. The van der Waals surface area contributed by atoms with E-state index in [0.29, 0.717) is 13.1 Å². The van der Waals surface area contributed by atoms with Gasteiger partial charge in [-0.15, -0.1) is 0 Å². The van der Waals surface area contributed by atoms with Crippen molar-refractivity contribution in [2.75, 3.05) is 6.54 Å². The lowest BCUT2D eigenvalue weighted by atomic mass is 9.91. The van der Waals surface area contributed by atoms with Gasteiger partial charge in [-0.05, 0) is 48.1 Å². The molecule has 5 heteroatoms. The normalized spacial score (nSPS) is 19.0. The van der Waals surface area contributed by atoms with E-state index in [0.717, 1.165) is 40.4 Å². The monoisotopic (exact) mass is 412 g/mol. The first-order valence-electron chi connectivity index (χ1n) is 9.04. The highest BCUT2D eigenvalue weighted by Crippen LogP contribution is 2.37. The molecule has 1 fully saturated rings. The van der Waals surface area contributed by atoms with Crippen LogP contribution in [-0.2, 0) is 22.6 Å². The predicted octanol–water partition coefficient (Wildman–Crippen LogP) is 3.60. The topological polar surface area (TPSA) is 49.4 Å². The minimum Gasteiger partial charge on any atom is -0.350 e. The Morgan fingerprint density at radius 1 is 1.12 bits per heavy atom. The quantitative estimate of drug-likeness (QED) is 0.833. The Morgan fingerprint density at radius 3 is 2.69 bits per heavy atom. The molecule has 4 rings (SSSR count). The lowest BCUT2D eigenvalue weighted by molar-refractivity contribution is -0.142. The van der Waals surface area contributed by atoms with Crippen molar-refractivity contribution >= 4 is 27.7 Å². The van der Waals surface area contributed by atoms with Crippen LogP contribution < -0.4 is 5.32 Å². The van der Waals surface area contributed by atoms with Crippen molar-refractivity contribution in [2.24, 2.45) is 5.92 Å². The third-order valence-corrected chi connectivity index (χ3v) is 5.59. The van der Waals surface area contributed by atoms with Gasteiger partial charge in [-0.3, -0.25) is 9.59 Å². The molecule has 2 aliphatic rings. The maximum absolute atomic E-state index is 13.1. The molecule has 0 bridgehead atoms. The fourth-order valence-electron chi connectivity index (χ4n) is 3.58. The van der Waals surface area contributed by atoms with Crippen LogP contribution in [0.2, 0.25) is 0 Å². The summed E-state index contributed by atoms with van der Waals surface area (Å²) in [7, 11) is 0. The van der Waals surface area contributed by atoms with Crippen molar-refractivity contribution in [3.63, 3.8) is 0 Å². The van der Waals surface area contributed by atoms with Crippen molar-refractivity contribution in [1.82, 2.24) is 10.2 Å². The minimum absolute atomic E-state index is 0.105. The molecule has 0 aromatic heterocycles. The van der Waals surface area contributed by atoms with Crippen LogP contribution in [0.4, 0.5) is 0 Å². The van der Waals surface area contributed by atoms with Gasteiger partial charge in [0.1, 0.15) is 6.04 Å². The number of nitrogens with zero attached hydrogens (tertiary/aromatic N) is 1. The molecule has 1 N–H and O–H groups in total. The number of nitrogens with one attached hydrogen (secondary N) is 1. The van der Waals surface area contributed by atoms with Crippen molar-refractivity contribution in [3.05, 3.63) is 69.7 Å². The van der Waals surface area contributed by atoms with E-state index in [4.69, 9.17) is 0 Å². The van der Waals surface area contributed by atoms with Crippen LogP contribution >= 0.6 is 15.9 Å². The molecule has 0 unspecified atom stereocenters. The molecular formula is C21H21BrN2O2. The summed E-state index contributed by atoms with van der Waals surface area (Å²) >= 11 is 3.45. The van der Waals surface area contributed by atoms with Gasteiger partial charge < -0.3 is 10.2 Å². The SMILES string of the molecule is O=C(NCc1cccc(Br)c1)[C@@H]1c2ccccc2CCN1C(=O)C1CC1. The molecule has 26 heavy (non-hydrogen) atoms. The van der Waals surface area contributed by atoms with Gasteiger partial charge in [0.25, 0.3) is 0 Å². The largest absolute Gasteiger partial charge is 0.350 e. The van der Waals surface area contributed by atoms with Crippen LogP contribution in [-0.4, -0.2) is 23.3 Å². The molecule has 0 saturated heterocycles. The van der Waals surface area contributed by atoms with Crippen molar-refractivity contribution in [3.8, 4) is 0 Å². The number of fused-ring (bicyclic) bond motifs is 1. The minimum atomic E-state index is -0.528. The molecule has 134 valence electrons. The molecule has 2 amide bonds. The molecule has 1 saturated carbocycles. The molecular weight excluding hydrogens is 392 g/mol. The van der Waals surface area contributed by atoms with Crippen LogP contribution in [0.15, 0.2) is 53.0 Å². The summed E-state index contributed by atoms with van der Waals surface area (Å²) in [6, 6.07) is 15.3. The van der Waals surface area contributed by atoms with Crippen molar-refractivity contribution in [1.29, 1.82) is 0 Å². The summed E-state index contributed by atoms with van der Waals surface area (Å²) < 4.78 is 0.984. The molecule has 2 aromatic carbocycles. The molecule has 0 spiro atoms. The van der Waals surface area contributed by atoms with Gasteiger partial charge >= 0.3 is 0 Å². The lowest BCUT2D eigenvalue weighted by Crippen LogP contribution is -2.47. The van der Waals surface area contributed by atoms with E-state index in [1.165, 1.54) is 0 Å². The standard InChI is InChI=1S/C21H21BrN2O2/c22-17-6-3-4-14(12-17)13-23-20(25)19-18-7-2-1-5-15(18)10-11-24(19)21(26)16-8-9-16/h1-7,12,16,19H,8-11,13H2,(H,23,25)/t19-/m0/s1. The van der Waals surface area contributed by atoms with Crippen LogP contribution in [0.1, 0.15) is 35.6 Å². The van der Waals surface area contributed by atoms with E-state index >= 15 is 0 Å². The van der Waals surface area contributed by atoms with E-state index in [1.807, 2.05) is 42.5 Å². The summed E-state index contributed by atoms with van der Waals surface area (Å²) in [5.74, 6) is 0.133. The van der Waals surface area contributed by atoms with E-state index in [1.54, 1.807) is 4.90 Å². The molecule has 0 radical (unpaired) electrons. The third-order valence-electron chi connectivity index (χ3n) is 5.10. The van der Waals surface area contributed by atoms with Gasteiger partial charge in [-0.1, -0.05) is 52.3 Å². The van der Waals surface area contributed by atoms with Gasteiger partial charge in [0, 0.05) is 23.5 Å². The summed E-state index contributed by atoms with van der Waals surface area (Å²) in [6.45, 7) is 1.06. The number of benzene rings is 2. The Labute approximate surface area is 161 Å². The highest BCUT2D eigenvalue weighted by Gasteiger charge is 2.41. The maximum atomic E-state index is 13.1. The number of hydrogen-bond donors (Lipinski definition) is 1. The summed E-state index contributed by atoms with van der Waals surface area (Å²) in [5.41, 5.74) is 3.14. The zero-order chi connectivity index (χ0) is 18.1. The number of carbonyl (C=O) groups excluding carboxylic acids is 2. The Bertz CT molecular complexity index is 847. The van der Waals surface area contributed by atoms with E-state index in [9.17, 15) is 9.59 Å². The lowest BCUT2D eigenvalue weighted by Gasteiger charge is -2.36. The first-order chi connectivity index (χ1) is 12.6. The van der Waals surface area contributed by atoms with Crippen molar-refractivity contribution < 1.29 is 9.59 Å². The number of hydrogen-bond acceptors (Lipinski definition) is 2. The molecule has 4 nitrogen and oxygen atoms in total. The Kier molecular flexibility index (Phi) is 4.81. The molecule has 1 atom stereocenters. The van der Waals surface area contributed by atoms with Gasteiger partial charge in [-0.2, -0.15) is 0 Å². The van der Waals surface area contributed by atoms with Gasteiger partial charge in [0.05, 0.1) is 0 Å². The van der Waals surface area contributed by atoms with E-state index < -0.39 is 6.04 Å². The van der Waals surface area contributed by atoms with Gasteiger partial charge in [-0.25, -0.2) is 0 Å². The van der Waals surface area contributed by atoms with E-state index in [-0.39, 0.29) is 17.7 Å². The molecule has 1 aliphatic heterocycles.